The van der Waals surface area contributed by atoms with Gasteiger partial charge in [0.15, 0.2) is 0 Å². The van der Waals surface area contributed by atoms with E-state index in [0.717, 1.165) is 23.2 Å². The van der Waals surface area contributed by atoms with Crippen LogP contribution < -0.4 is 4.74 Å². The molecule has 2 aromatic rings. The third-order valence-electron chi connectivity index (χ3n) is 6.19. The number of quaternary nitrogens is 1. The van der Waals surface area contributed by atoms with Gasteiger partial charge in [-0.25, -0.2) is 0 Å². The number of esters is 1. The molecule has 0 saturated heterocycles. The second-order valence-electron chi connectivity index (χ2n) is 10.2. The molecule has 0 amide bonds. The van der Waals surface area contributed by atoms with Crippen LogP contribution in [0.2, 0.25) is 0 Å². The van der Waals surface area contributed by atoms with Crippen molar-refractivity contribution in [3.8, 4) is 5.75 Å². The van der Waals surface area contributed by atoms with E-state index in [2.05, 4.69) is 57.4 Å². The molecule has 0 heterocycles. The highest BCUT2D eigenvalue weighted by Gasteiger charge is 2.27. The normalized spacial score (nSPS) is 13.3. The van der Waals surface area contributed by atoms with Gasteiger partial charge in [0.05, 0.1) is 20.6 Å². The third kappa shape index (κ3) is 10.7. The van der Waals surface area contributed by atoms with Crippen LogP contribution in [0.15, 0.2) is 54.6 Å². The van der Waals surface area contributed by atoms with E-state index in [9.17, 15) is 4.79 Å². The maximum Gasteiger partial charge on any atom is 0.317 e. The van der Waals surface area contributed by atoms with Gasteiger partial charge in [-0.05, 0) is 37.5 Å². The zero-order valence-electron chi connectivity index (χ0n) is 22.1. The van der Waals surface area contributed by atoms with Crippen molar-refractivity contribution in [2.24, 2.45) is 5.92 Å². The quantitative estimate of drug-likeness (QED) is 0.113. The third-order valence-corrected chi connectivity index (χ3v) is 6.19. The largest absolute Gasteiger partial charge is 0.455 e. The fourth-order valence-corrected chi connectivity index (χ4v) is 4.43. The Morgan fingerprint density at radius 2 is 1.56 bits per heavy atom. The Hall–Kier alpha value is -2.33. The molecule has 0 bridgehead atoms. The van der Waals surface area contributed by atoms with Gasteiger partial charge in [0, 0.05) is 12.0 Å². The fourth-order valence-electron chi connectivity index (χ4n) is 4.43. The van der Waals surface area contributed by atoms with Crippen LogP contribution in [0.3, 0.4) is 0 Å². The van der Waals surface area contributed by atoms with Crippen molar-refractivity contribution in [2.45, 2.75) is 85.0 Å². The SMILES string of the molecule is CCCCCCCCc1cccc(OC(CC)OC(=O)C(C)C[N+](C)(C)Cc2ccccc2)c1. The summed E-state index contributed by atoms with van der Waals surface area (Å²) < 4.78 is 12.5. The Kier molecular flexibility index (Phi) is 12.2. The number of rotatable bonds is 16. The van der Waals surface area contributed by atoms with E-state index < -0.39 is 6.29 Å². The maximum atomic E-state index is 12.8. The second-order valence-corrected chi connectivity index (χ2v) is 10.2. The Morgan fingerprint density at radius 3 is 2.26 bits per heavy atom. The smallest absolute Gasteiger partial charge is 0.317 e. The summed E-state index contributed by atoms with van der Waals surface area (Å²) in [5.74, 6) is 0.362. The number of ether oxygens (including phenoxy) is 2. The summed E-state index contributed by atoms with van der Waals surface area (Å²) in [6, 6.07) is 18.6. The van der Waals surface area contributed by atoms with Gasteiger partial charge in [0.2, 0.25) is 6.29 Å². The van der Waals surface area contributed by atoms with Gasteiger partial charge < -0.3 is 14.0 Å². The van der Waals surface area contributed by atoms with Gasteiger partial charge in [-0.1, -0.05) is 88.4 Å². The fraction of sp³-hybridized carbons (Fsp3) is 0.567. The average molecular weight is 469 g/mol. The Bertz CT molecular complexity index is 834. The van der Waals surface area contributed by atoms with Gasteiger partial charge in [-0.3, -0.25) is 4.79 Å². The molecule has 2 atom stereocenters. The van der Waals surface area contributed by atoms with Gasteiger partial charge in [0.25, 0.3) is 0 Å². The van der Waals surface area contributed by atoms with Gasteiger partial charge in [-0.2, -0.15) is 0 Å². The molecule has 0 saturated carbocycles. The first-order chi connectivity index (χ1) is 16.3. The molecule has 2 rings (SSSR count). The van der Waals surface area contributed by atoms with Crippen LogP contribution in [0.25, 0.3) is 0 Å². The zero-order chi connectivity index (χ0) is 24.8. The summed E-state index contributed by atoms with van der Waals surface area (Å²) in [5, 5.41) is 0. The van der Waals surface area contributed by atoms with Crippen LogP contribution >= 0.6 is 0 Å². The lowest BCUT2D eigenvalue weighted by molar-refractivity contribution is -0.905. The first-order valence-corrected chi connectivity index (χ1v) is 13.1. The molecule has 4 nitrogen and oxygen atoms in total. The molecular weight excluding hydrogens is 422 g/mol. The Balaban J connectivity index is 1.83. The number of benzene rings is 2. The van der Waals surface area contributed by atoms with Gasteiger partial charge in [0.1, 0.15) is 18.2 Å². The highest BCUT2D eigenvalue weighted by Crippen LogP contribution is 2.20. The molecule has 0 aromatic heterocycles. The molecule has 4 heteroatoms. The maximum absolute atomic E-state index is 12.8. The van der Waals surface area contributed by atoms with Gasteiger partial charge in [-0.15, -0.1) is 0 Å². The van der Waals surface area contributed by atoms with E-state index in [1.54, 1.807) is 0 Å². The van der Waals surface area contributed by atoms with E-state index in [-0.39, 0.29) is 11.9 Å². The predicted octanol–water partition coefficient (Wildman–Crippen LogP) is 7.16. The Morgan fingerprint density at radius 1 is 0.882 bits per heavy atom. The summed E-state index contributed by atoms with van der Waals surface area (Å²) in [6.07, 6.45) is 8.86. The number of hydrogen-bond donors (Lipinski definition) is 0. The lowest BCUT2D eigenvalue weighted by Gasteiger charge is -2.32. The van der Waals surface area contributed by atoms with E-state index in [4.69, 9.17) is 9.47 Å². The van der Waals surface area contributed by atoms with Crippen LogP contribution in [0.1, 0.15) is 76.8 Å². The number of unbranched alkanes of at least 4 members (excludes halogenated alkanes) is 5. The minimum absolute atomic E-state index is 0.200. The van der Waals surface area contributed by atoms with Crippen molar-refractivity contribution in [3.63, 3.8) is 0 Å². The predicted molar refractivity (Wildman–Crippen MR) is 141 cm³/mol. The minimum atomic E-state index is -0.566. The highest BCUT2D eigenvalue weighted by molar-refractivity contribution is 5.72. The molecule has 188 valence electrons. The van der Waals surface area contributed by atoms with Gasteiger partial charge >= 0.3 is 5.97 Å². The number of carbonyl (C=O) groups is 1. The molecule has 0 aliphatic heterocycles. The number of nitrogens with zero attached hydrogens (tertiary/aromatic N) is 1. The topological polar surface area (TPSA) is 35.5 Å². The van der Waals surface area contributed by atoms with Crippen molar-refractivity contribution in [3.05, 3.63) is 65.7 Å². The lowest BCUT2D eigenvalue weighted by Crippen LogP contribution is -2.44. The van der Waals surface area contributed by atoms with Crippen LogP contribution in [-0.4, -0.2) is 37.4 Å². The van der Waals surface area contributed by atoms with E-state index in [1.165, 1.54) is 49.7 Å². The van der Waals surface area contributed by atoms with Crippen molar-refractivity contribution >= 4 is 5.97 Å². The van der Waals surface area contributed by atoms with Crippen molar-refractivity contribution in [1.29, 1.82) is 0 Å². The first-order valence-electron chi connectivity index (χ1n) is 13.1. The number of aryl methyl sites for hydroxylation is 1. The lowest BCUT2D eigenvalue weighted by atomic mass is 10.0. The minimum Gasteiger partial charge on any atom is -0.455 e. The van der Waals surface area contributed by atoms with E-state index in [0.29, 0.717) is 13.0 Å². The molecule has 0 N–H and O–H groups in total. The van der Waals surface area contributed by atoms with Crippen LogP contribution in [-0.2, 0) is 22.5 Å². The monoisotopic (exact) mass is 468 g/mol. The standard InChI is InChI=1S/C30H46NO3/c1-6-8-9-10-11-13-17-26-20-16-21-28(22-26)33-29(7-2)34-30(32)25(3)23-31(4,5)24-27-18-14-12-15-19-27/h12,14-16,18-22,25,29H,6-11,13,17,23-24H2,1-5H3/q+1. The van der Waals surface area contributed by atoms with Crippen molar-refractivity contribution < 1.29 is 18.8 Å². The average Bonchev–Trinajstić information content (AvgIpc) is 2.81. The summed E-state index contributed by atoms with van der Waals surface area (Å²) in [4.78, 5) is 12.8. The van der Waals surface area contributed by atoms with E-state index in [1.807, 2.05) is 32.0 Å². The second kappa shape index (κ2) is 14.8. The number of carbonyl (C=O) groups excluding carboxylic acids is 1. The molecule has 0 aliphatic rings. The molecule has 0 radical (unpaired) electrons. The summed E-state index contributed by atoms with van der Waals surface area (Å²) in [7, 11) is 4.31. The van der Waals surface area contributed by atoms with Crippen LogP contribution in [0.4, 0.5) is 0 Å². The molecule has 0 aliphatic carbocycles. The molecule has 2 aromatic carbocycles. The van der Waals surface area contributed by atoms with E-state index >= 15 is 0 Å². The number of hydrogen-bond acceptors (Lipinski definition) is 3. The highest BCUT2D eigenvalue weighted by atomic mass is 16.7. The molecule has 0 spiro atoms. The summed E-state index contributed by atoms with van der Waals surface area (Å²) in [6.45, 7) is 7.76. The summed E-state index contributed by atoms with van der Waals surface area (Å²) >= 11 is 0. The van der Waals surface area contributed by atoms with Crippen molar-refractivity contribution in [2.75, 3.05) is 20.6 Å². The van der Waals surface area contributed by atoms with Crippen molar-refractivity contribution in [1.82, 2.24) is 0 Å². The molecule has 0 fully saturated rings. The van der Waals surface area contributed by atoms with Crippen LogP contribution in [0.5, 0.6) is 5.75 Å². The Labute approximate surface area is 207 Å². The molecule has 34 heavy (non-hydrogen) atoms. The van der Waals surface area contributed by atoms with Crippen LogP contribution in [0, 0.1) is 5.92 Å². The zero-order valence-corrected chi connectivity index (χ0v) is 22.1. The molecule has 2 unspecified atom stereocenters. The summed E-state index contributed by atoms with van der Waals surface area (Å²) in [5.41, 5.74) is 2.55. The first kappa shape index (κ1) is 27.9. The molecular formula is C30H46NO3+.